The van der Waals surface area contributed by atoms with Crippen LogP contribution in [0.1, 0.15) is 24.0 Å². The van der Waals surface area contributed by atoms with Gasteiger partial charge in [0.25, 0.3) is 0 Å². The second kappa shape index (κ2) is 6.56. The van der Waals surface area contributed by atoms with E-state index in [1.165, 1.54) is 11.1 Å². The van der Waals surface area contributed by atoms with Crippen LogP contribution in [0.5, 0.6) is 0 Å². The lowest BCUT2D eigenvalue weighted by atomic mass is 9.80. The molecule has 1 aliphatic carbocycles. The maximum Gasteiger partial charge on any atom is 0.0657 e. The van der Waals surface area contributed by atoms with Crippen LogP contribution >= 0.6 is 0 Å². The topological polar surface area (TPSA) is 27.0 Å². The van der Waals surface area contributed by atoms with Crippen molar-refractivity contribution in [2.24, 2.45) is 5.92 Å². The van der Waals surface area contributed by atoms with Gasteiger partial charge < -0.3 is 0 Å². The van der Waals surface area contributed by atoms with Crippen LogP contribution in [-0.4, -0.2) is 10.9 Å². The molecule has 106 valence electrons. The predicted octanol–water partition coefficient (Wildman–Crippen LogP) is 3.99. The van der Waals surface area contributed by atoms with E-state index in [2.05, 4.69) is 71.6 Å². The van der Waals surface area contributed by atoms with Crippen molar-refractivity contribution in [3.63, 3.8) is 0 Å². The summed E-state index contributed by atoms with van der Waals surface area (Å²) in [5.41, 5.74) is 2.68. The maximum atomic E-state index is 9.00. The fourth-order valence-electron chi connectivity index (χ4n) is 2.94. The highest BCUT2D eigenvalue weighted by molar-refractivity contribution is 5.18. The first-order valence-electron chi connectivity index (χ1n) is 7.56. The molecule has 1 fully saturated rings. The van der Waals surface area contributed by atoms with Crippen molar-refractivity contribution >= 4 is 0 Å². The van der Waals surface area contributed by atoms with Gasteiger partial charge in [-0.15, -0.1) is 0 Å². The van der Waals surface area contributed by atoms with E-state index in [-0.39, 0.29) is 5.92 Å². The van der Waals surface area contributed by atoms with E-state index in [0.29, 0.717) is 6.04 Å². The zero-order valence-electron chi connectivity index (χ0n) is 12.2. The van der Waals surface area contributed by atoms with Crippen LogP contribution in [0.15, 0.2) is 60.7 Å². The van der Waals surface area contributed by atoms with Crippen molar-refractivity contribution in [3.8, 4) is 6.07 Å². The molecule has 2 aromatic carbocycles. The molecule has 0 heterocycles. The summed E-state index contributed by atoms with van der Waals surface area (Å²) in [5, 5.41) is 9.00. The van der Waals surface area contributed by atoms with Crippen molar-refractivity contribution in [3.05, 3.63) is 71.8 Å². The molecule has 2 heteroatoms. The normalized spacial score (nSPS) is 20.8. The highest BCUT2D eigenvalue weighted by Gasteiger charge is 2.33. The lowest BCUT2D eigenvalue weighted by Gasteiger charge is -2.40. The minimum atomic E-state index is 0.254. The molecule has 1 saturated carbocycles. The molecular weight excluding hydrogens is 256 g/mol. The highest BCUT2D eigenvalue weighted by Crippen LogP contribution is 2.33. The van der Waals surface area contributed by atoms with Crippen molar-refractivity contribution in [1.82, 2.24) is 4.90 Å². The minimum absolute atomic E-state index is 0.254. The molecule has 0 N–H and O–H groups in total. The van der Waals surface area contributed by atoms with E-state index >= 15 is 0 Å². The van der Waals surface area contributed by atoms with Gasteiger partial charge in [0.15, 0.2) is 0 Å². The van der Waals surface area contributed by atoms with Crippen LogP contribution in [-0.2, 0) is 13.1 Å². The van der Waals surface area contributed by atoms with Gasteiger partial charge >= 0.3 is 0 Å². The number of nitriles is 1. The van der Waals surface area contributed by atoms with Gasteiger partial charge in [-0.25, -0.2) is 0 Å². The van der Waals surface area contributed by atoms with E-state index in [9.17, 15) is 0 Å². The van der Waals surface area contributed by atoms with Gasteiger partial charge in [0, 0.05) is 25.0 Å². The van der Waals surface area contributed by atoms with E-state index in [4.69, 9.17) is 5.26 Å². The smallest absolute Gasteiger partial charge is 0.0657 e. The second-order valence-corrected chi connectivity index (χ2v) is 5.83. The van der Waals surface area contributed by atoms with Gasteiger partial charge in [-0.05, 0) is 24.0 Å². The molecule has 0 saturated heterocycles. The van der Waals surface area contributed by atoms with E-state index < -0.39 is 0 Å². The van der Waals surface area contributed by atoms with E-state index in [1.807, 2.05) is 0 Å². The van der Waals surface area contributed by atoms with Crippen LogP contribution in [0, 0.1) is 17.2 Å². The molecule has 0 aromatic heterocycles. The molecule has 0 atom stereocenters. The van der Waals surface area contributed by atoms with Crippen LogP contribution in [0.25, 0.3) is 0 Å². The Bertz CT molecular complexity index is 553. The molecule has 0 bridgehead atoms. The van der Waals surface area contributed by atoms with Gasteiger partial charge in [0.2, 0.25) is 0 Å². The summed E-state index contributed by atoms with van der Waals surface area (Å²) in [4.78, 5) is 2.51. The Morgan fingerprint density at radius 1 is 0.857 bits per heavy atom. The Morgan fingerprint density at radius 3 is 1.76 bits per heavy atom. The number of hydrogen-bond donors (Lipinski definition) is 0. The Kier molecular flexibility index (Phi) is 4.33. The molecule has 3 rings (SSSR count). The van der Waals surface area contributed by atoms with Gasteiger partial charge in [-0.2, -0.15) is 5.26 Å². The molecule has 0 radical (unpaired) electrons. The molecule has 2 nitrogen and oxygen atoms in total. The number of nitrogens with zero attached hydrogens (tertiary/aromatic N) is 2. The fraction of sp³-hybridized carbons (Fsp3) is 0.316. The van der Waals surface area contributed by atoms with Gasteiger partial charge in [-0.1, -0.05) is 60.7 Å². The molecule has 0 unspecified atom stereocenters. The van der Waals surface area contributed by atoms with Crippen molar-refractivity contribution < 1.29 is 0 Å². The quantitative estimate of drug-likeness (QED) is 0.825. The summed E-state index contributed by atoms with van der Waals surface area (Å²) in [6, 6.07) is 24.1. The molecule has 2 aromatic rings. The van der Waals surface area contributed by atoms with E-state index in [1.54, 1.807) is 0 Å². The van der Waals surface area contributed by atoms with Gasteiger partial charge in [0.1, 0.15) is 0 Å². The van der Waals surface area contributed by atoms with Crippen molar-refractivity contribution in [2.75, 3.05) is 0 Å². The molecular formula is C19H20N2. The van der Waals surface area contributed by atoms with Crippen LogP contribution in [0.3, 0.4) is 0 Å². The molecule has 21 heavy (non-hydrogen) atoms. The van der Waals surface area contributed by atoms with Crippen LogP contribution in [0.4, 0.5) is 0 Å². The predicted molar refractivity (Wildman–Crippen MR) is 84.3 cm³/mol. The standard InChI is InChI=1S/C19H20N2/c20-13-18-11-19(12-18)21(14-16-7-3-1-4-8-16)15-17-9-5-2-6-10-17/h1-10,18-19H,11-12,14-15H2. The molecule has 1 aliphatic rings. The monoisotopic (exact) mass is 276 g/mol. The first kappa shape index (κ1) is 13.9. The third-order valence-corrected chi connectivity index (χ3v) is 4.27. The van der Waals surface area contributed by atoms with Gasteiger partial charge in [-0.3, -0.25) is 4.90 Å². The summed E-state index contributed by atoms with van der Waals surface area (Å²) < 4.78 is 0. The lowest BCUT2D eigenvalue weighted by molar-refractivity contribution is 0.0858. The number of rotatable bonds is 5. The first-order chi connectivity index (χ1) is 10.3. The Labute approximate surface area is 126 Å². The minimum Gasteiger partial charge on any atom is -0.292 e. The second-order valence-electron chi connectivity index (χ2n) is 5.83. The summed E-state index contributed by atoms with van der Waals surface area (Å²) >= 11 is 0. The fourth-order valence-corrected chi connectivity index (χ4v) is 2.94. The first-order valence-corrected chi connectivity index (χ1v) is 7.56. The molecule has 0 aliphatic heterocycles. The summed E-state index contributed by atoms with van der Waals surface area (Å²) in [6.07, 6.45) is 2.02. The highest BCUT2D eigenvalue weighted by atomic mass is 15.2. The molecule has 0 amide bonds. The Morgan fingerprint density at radius 2 is 1.33 bits per heavy atom. The average Bonchev–Trinajstić information content (AvgIpc) is 2.48. The lowest BCUT2D eigenvalue weighted by Crippen LogP contribution is -2.43. The number of benzene rings is 2. The number of hydrogen-bond acceptors (Lipinski definition) is 2. The zero-order chi connectivity index (χ0) is 14.5. The third-order valence-electron chi connectivity index (χ3n) is 4.27. The zero-order valence-corrected chi connectivity index (χ0v) is 12.2. The molecule has 0 spiro atoms. The summed E-state index contributed by atoms with van der Waals surface area (Å²) in [7, 11) is 0. The Hall–Kier alpha value is -2.11. The summed E-state index contributed by atoms with van der Waals surface area (Å²) in [5.74, 6) is 0.254. The average molecular weight is 276 g/mol. The van der Waals surface area contributed by atoms with Crippen molar-refractivity contribution in [1.29, 1.82) is 5.26 Å². The van der Waals surface area contributed by atoms with Crippen molar-refractivity contribution in [2.45, 2.75) is 32.0 Å². The maximum absolute atomic E-state index is 9.00. The van der Waals surface area contributed by atoms with Crippen LogP contribution in [0.2, 0.25) is 0 Å². The van der Waals surface area contributed by atoms with Gasteiger partial charge in [0.05, 0.1) is 6.07 Å². The largest absolute Gasteiger partial charge is 0.292 e. The van der Waals surface area contributed by atoms with E-state index in [0.717, 1.165) is 25.9 Å². The summed E-state index contributed by atoms with van der Waals surface area (Å²) in [6.45, 7) is 1.91. The third kappa shape index (κ3) is 3.51. The SMILES string of the molecule is N#CC1CC(N(Cc2ccccc2)Cc2ccccc2)C1. The Balaban J connectivity index is 1.71. The van der Waals surface area contributed by atoms with Crippen LogP contribution < -0.4 is 0 Å².